The summed E-state index contributed by atoms with van der Waals surface area (Å²) in [6.07, 6.45) is 0. The van der Waals surface area contributed by atoms with E-state index in [0.717, 1.165) is 33.0 Å². The highest BCUT2D eigenvalue weighted by Crippen LogP contribution is 2.32. The normalized spacial score (nSPS) is 12.6. The van der Waals surface area contributed by atoms with Crippen LogP contribution in [0.4, 0.5) is 5.69 Å². The first kappa shape index (κ1) is 25.4. The smallest absolute Gasteiger partial charge is 0.261 e. The van der Waals surface area contributed by atoms with Gasteiger partial charge in [0.05, 0.1) is 5.69 Å². The van der Waals surface area contributed by atoms with Crippen molar-refractivity contribution in [2.24, 2.45) is 0 Å². The van der Waals surface area contributed by atoms with Crippen LogP contribution in [0.2, 0.25) is 0 Å². The maximum atomic E-state index is 14.2. The van der Waals surface area contributed by atoms with Crippen LogP contribution in [0.1, 0.15) is 31.1 Å². The second kappa shape index (κ2) is 10.5. The maximum absolute atomic E-state index is 14.2. The molecule has 5 nitrogen and oxygen atoms in total. The summed E-state index contributed by atoms with van der Waals surface area (Å²) in [6, 6.07) is 42.3. The van der Waals surface area contributed by atoms with Gasteiger partial charge < -0.3 is 4.90 Å². The lowest BCUT2D eigenvalue weighted by molar-refractivity contribution is 0.0611. The average molecular weight is 547 g/mol. The summed E-state index contributed by atoms with van der Waals surface area (Å²) in [7, 11) is 0. The fourth-order valence-electron chi connectivity index (χ4n) is 5.85. The molecule has 0 atom stereocenters. The van der Waals surface area contributed by atoms with Gasteiger partial charge in [0, 0.05) is 40.6 Å². The molecule has 0 N–H and O–H groups in total. The van der Waals surface area contributed by atoms with E-state index in [1.54, 1.807) is 17.0 Å². The Morgan fingerprint density at radius 2 is 1.14 bits per heavy atom. The van der Waals surface area contributed by atoms with Gasteiger partial charge in [-0.1, -0.05) is 103 Å². The predicted octanol–water partition coefficient (Wildman–Crippen LogP) is 7.60. The van der Waals surface area contributed by atoms with Crippen LogP contribution in [0.15, 0.2) is 133 Å². The van der Waals surface area contributed by atoms with Gasteiger partial charge >= 0.3 is 0 Å². The van der Waals surface area contributed by atoms with Crippen LogP contribution in [-0.2, 0) is 0 Å². The van der Waals surface area contributed by atoms with Crippen molar-refractivity contribution in [2.75, 3.05) is 18.0 Å². The highest BCUT2D eigenvalue weighted by atomic mass is 16.2. The molecule has 0 aromatic heterocycles. The minimum absolute atomic E-state index is 0.0550. The predicted molar refractivity (Wildman–Crippen MR) is 167 cm³/mol. The summed E-state index contributed by atoms with van der Waals surface area (Å²) in [5.74, 6) is -0.894. The van der Waals surface area contributed by atoms with E-state index in [1.807, 2.05) is 121 Å². The first-order valence-electron chi connectivity index (χ1n) is 13.9. The number of imide groups is 1. The molecule has 7 rings (SSSR count). The fraction of sp³-hybridized carbons (Fsp3) is 0.0541. The second-order valence-corrected chi connectivity index (χ2v) is 10.4. The lowest BCUT2D eigenvalue weighted by atomic mass is 9.94. The lowest BCUT2D eigenvalue weighted by Crippen LogP contribution is -2.46. The molecule has 5 heteroatoms. The van der Waals surface area contributed by atoms with E-state index in [4.69, 9.17) is 0 Å². The molecule has 1 aliphatic rings. The van der Waals surface area contributed by atoms with Gasteiger partial charge in [-0.15, -0.1) is 0 Å². The minimum Gasteiger partial charge on any atom is -0.306 e. The zero-order valence-electron chi connectivity index (χ0n) is 22.7. The van der Waals surface area contributed by atoms with Crippen LogP contribution in [0, 0.1) is 0 Å². The quantitative estimate of drug-likeness (QED) is 0.202. The van der Waals surface area contributed by atoms with E-state index in [9.17, 15) is 14.4 Å². The first-order valence-corrected chi connectivity index (χ1v) is 13.9. The molecule has 42 heavy (non-hydrogen) atoms. The fourth-order valence-corrected chi connectivity index (χ4v) is 5.85. The zero-order valence-corrected chi connectivity index (χ0v) is 22.7. The summed E-state index contributed by atoms with van der Waals surface area (Å²) in [4.78, 5) is 44.3. The van der Waals surface area contributed by atoms with Gasteiger partial charge in [0.15, 0.2) is 0 Å². The molecule has 1 heterocycles. The molecule has 1 aliphatic heterocycles. The number of hydrogen-bond acceptors (Lipinski definition) is 3. The number of carbonyl (C=O) groups is 3. The van der Waals surface area contributed by atoms with Crippen LogP contribution in [-0.4, -0.2) is 35.7 Å². The molecular formula is C37H26N2O3. The molecule has 0 aliphatic carbocycles. The number of rotatable bonds is 6. The first-order chi connectivity index (χ1) is 20.6. The summed E-state index contributed by atoms with van der Waals surface area (Å²) in [6.45, 7) is 0.197. The van der Waals surface area contributed by atoms with Gasteiger partial charge in [-0.25, -0.2) is 0 Å². The standard InChI is InChI=1S/C37H26N2O3/c40-35(29-21-19-26(20-22-29)25-9-2-1-3-10-25)38(33-18-8-12-27-11-4-5-15-30(27)33)23-24-39-36(41)31-16-6-13-28-14-7-17-32(34(28)31)37(39)42/h1-22H,23-24H2. The number of carbonyl (C=O) groups excluding carboxylic acids is 3. The van der Waals surface area contributed by atoms with Crippen molar-refractivity contribution >= 4 is 45.0 Å². The average Bonchev–Trinajstić information content (AvgIpc) is 3.05. The summed E-state index contributed by atoms with van der Waals surface area (Å²) >= 11 is 0. The SMILES string of the molecule is O=C1c2cccc3cccc(c23)C(=O)N1CCN(C(=O)c1ccc(-c2ccccc2)cc1)c1cccc2ccccc12. The summed E-state index contributed by atoms with van der Waals surface area (Å²) in [5, 5.41) is 3.46. The maximum Gasteiger partial charge on any atom is 0.261 e. The Hall–Kier alpha value is -5.55. The van der Waals surface area contributed by atoms with Crippen molar-refractivity contribution in [2.45, 2.75) is 0 Å². The Morgan fingerprint density at radius 1 is 0.571 bits per heavy atom. The number of hydrogen-bond donors (Lipinski definition) is 0. The Morgan fingerprint density at radius 3 is 1.86 bits per heavy atom. The molecular weight excluding hydrogens is 520 g/mol. The largest absolute Gasteiger partial charge is 0.306 e. The monoisotopic (exact) mass is 546 g/mol. The molecule has 6 aromatic carbocycles. The van der Waals surface area contributed by atoms with E-state index in [-0.39, 0.29) is 30.8 Å². The molecule has 3 amide bonds. The third kappa shape index (κ3) is 4.32. The van der Waals surface area contributed by atoms with Crippen molar-refractivity contribution in [1.82, 2.24) is 4.90 Å². The molecule has 0 saturated heterocycles. The Balaban J connectivity index is 1.24. The van der Waals surface area contributed by atoms with Crippen LogP contribution in [0.3, 0.4) is 0 Å². The molecule has 0 spiro atoms. The number of fused-ring (bicyclic) bond motifs is 1. The Labute approximate surface area is 243 Å². The van der Waals surface area contributed by atoms with Crippen molar-refractivity contribution < 1.29 is 14.4 Å². The van der Waals surface area contributed by atoms with E-state index in [2.05, 4.69) is 0 Å². The van der Waals surface area contributed by atoms with E-state index >= 15 is 0 Å². The number of anilines is 1. The minimum atomic E-state index is -0.346. The number of benzene rings is 6. The summed E-state index contributed by atoms with van der Waals surface area (Å²) < 4.78 is 0. The van der Waals surface area contributed by atoms with Gasteiger partial charge in [0.1, 0.15) is 0 Å². The van der Waals surface area contributed by atoms with Crippen LogP contribution < -0.4 is 4.90 Å². The molecule has 0 fully saturated rings. The molecule has 0 saturated carbocycles. The zero-order chi connectivity index (χ0) is 28.6. The van der Waals surface area contributed by atoms with Gasteiger partial charge in [-0.05, 0) is 52.2 Å². The molecule has 0 unspecified atom stereocenters. The highest BCUT2D eigenvalue weighted by Gasteiger charge is 2.33. The number of amides is 3. The third-order valence-electron chi connectivity index (χ3n) is 7.94. The van der Waals surface area contributed by atoms with Gasteiger partial charge in [-0.2, -0.15) is 0 Å². The molecule has 0 bridgehead atoms. The van der Waals surface area contributed by atoms with Crippen molar-refractivity contribution in [3.8, 4) is 11.1 Å². The van der Waals surface area contributed by atoms with E-state index in [0.29, 0.717) is 22.1 Å². The van der Waals surface area contributed by atoms with Crippen molar-refractivity contribution in [3.05, 3.63) is 150 Å². The van der Waals surface area contributed by atoms with Gasteiger partial charge in [-0.3, -0.25) is 19.3 Å². The van der Waals surface area contributed by atoms with Crippen molar-refractivity contribution in [3.63, 3.8) is 0 Å². The second-order valence-electron chi connectivity index (χ2n) is 10.4. The molecule has 6 aromatic rings. The van der Waals surface area contributed by atoms with Gasteiger partial charge in [0.2, 0.25) is 0 Å². The van der Waals surface area contributed by atoms with Gasteiger partial charge in [0.25, 0.3) is 17.7 Å². The van der Waals surface area contributed by atoms with Crippen LogP contribution in [0.5, 0.6) is 0 Å². The third-order valence-corrected chi connectivity index (χ3v) is 7.94. The molecule has 0 radical (unpaired) electrons. The summed E-state index contributed by atoms with van der Waals surface area (Å²) in [5.41, 5.74) is 4.34. The van der Waals surface area contributed by atoms with Crippen molar-refractivity contribution in [1.29, 1.82) is 0 Å². The Kier molecular flexibility index (Phi) is 6.32. The van der Waals surface area contributed by atoms with Crippen LogP contribution >= 0.6 is 0 Å². The van der Waals surface area contributed by atoms with Crippen LogP contribution in [0.25, 0.3) is 32.7 Å². The van der Waals surface area contributed by atoms with E-state index in [1.165, 1.54) is 4.90 Å². The number of nitrogens with zero attached hydrogens (tertiary/aromatic N) is 2. The van der Waals surface area contributed by atoms with E-state index < -0.39 is 0 Å². The Bertz CT molecular complexity index is 1940. The lowest BCUT2D eigenvalue weighted by Gasteiger charge is -2.30. The molecule has 202 valence electrons. The highest BCUT2D eigenvalue weighted by molar-refractivity contribution is 6.25. The topological polar surface area (TPSA) is 57.7 Å².